The summed E-state index contributed by atoms with van der Waals surface area (Å²) in [6, 6.07) is 1.37. The van der Waals surface area contributed by atoms with Crippen LogP contribution in [0.5, 0.6) is 0 Å². The third kappa shape index (κ3) is 3.03. The van der Waals surface area contributed by atoms with E-state index in [1.165, 1.54) is 12.3 Å². The highest BCUT2D eigenvalue weighted by Gasteiger charge is 2.11. The van der Waals surface area contributed by atoms with Gasteiger partial charge in [-0.3, -0.25) is 0 Å². The minimum absolute atomic E-state index is 0.000989. The van der Waals surface area contributed by atoms with E-state index in [1.807, 2.05) is 13.8 Å². The van der Waals surface area contributed by atoms with Crippen LogP contribution in [0.3, 0.4) is 0 Å². The molecule has 0 atom stereocenters. The Labute approximate surface area is 114 Å². The minimum atomic E-state index is -1.10. The van der Waals surface area contributed by atoms with Gasteiger partial charge in [0.05, 0.1) is 22.8 Å². The van der Waals surface area contributed by atoms with Crippen molar-refractivity contribution in [2.75, 3.05) is 5.32 Å². The number of aryl methyl sites for hydroxylation is 2. The Morgan fingerprint density at radius 1 is 1.53 bits per heavy atom. The van der Waals surface area contributed by atoms with Gasteiger partial charge in [-0.2, -0.15) is 0 Å². The Bertz CT molecular complexity index is 605. The normalized spacial score (nSPS) is 10.5. The van der Waals surface area contributed by atoms with Gasteiger partial charge in [-0.15, -0.1) is 0 Å². The summed E-state index contributed by atoms with van der Waals surface area (Å²) in [5.74, 6) is 0.573. The summed E-state index contributed by atoms with van der Waals surface area (Å²) in [5, 5.41) is 12.0. The molecule has 0 saturated carbocycles. The number of aromatic carboxylic acids is 1. The fraction of sp³-hybridized carbons (Fsp3) is 0.250. The molecule has 0 unspecified atom stereocenters. The fourth-order valence-electron chi connectivity index (χ4n) is 1.48. The van der Waals surface area contributed by atoms with Crippen LogP contribution in [0.25, 0.3) is 0 Å². The third-order valence-corrected chi connectivity index (χ3v) is 2.88. The van der Waals surface area contributed by atoms with Crippen LogP contribution in [0.2, 0.25) is 5.02 Å². The zero-order chi connectivity index (χ0) is 14.0. The predicted octanol–water partition coefficient (Wildman–Crippen LogP) is 2.65. The highest BCUT2D eigenvalue weighted by Crippen LogP contribution is 2.18. The van der Waals surface area contributed by atoms with Gasteiger partial charge in [0.25, 0.3) is 0 Å². The topological polar surface area (TPSA) is 88.2 Å². The van der Waals surface area contributed by atoms with E-state index in [0.717, 1.165) is 11.5 Å². The van der Waals surface area contributed by atoms with Gasteiger partial charge in [-0.25, -0.2) is 14.8 Å². The molecule has 0 amide bonds. The van der Waals surface area contributed by atoms with E-state index in [9.17, 15) is 4.79 Å². The van der Waals surface area contributed by atoms with Gasteiger partial charge in [0.2, 0.25) is 5.89 Å². The average Bonchev–Trinajstić information content (AvgIpc) is 2.67. The number of nitrogens with one attached hydrogen (secondary N) is 1. The van der Waals surface area contributed by atoms with Crippen LogP contribution in [-0.2, 0) is 6.54 Å². The number of aromatic nitrogens is 2. The molecule has 0 spiro atoms. The van der Waals surface area contributed by atoms with Crippen molar-refractivity contribution < 1.29 is 14.3 Å². The first kappa shape index (κ1) is 13.4. The summed E-state index contributed by atoms with van der Waals surface area (Å²) in [6.45, 7) is 4.00. The summed E-state index contributed by atoms with van der Waals surface area (Å²) in [4.78, 5) is 19.1. The van der Waals surface area contributed by atoms with Crippen molar-refractivity contribution in [3.8, 4) is 0 Å². The summed E-state index contributed by atoms with van der Waals surface area (Å²) in [6.07, 6.45) is 1.29. The molecule has 0 aliphatic carbocycles. The Morgan fingerprint density at radius 3 is 2.84 bits per heavy atom. The molecule has 0 radical (unpaired) electrons. The number of oxazole rings is 1. The van der Waals surface area contributed by atoms with Crippen molar-refractivity contribution in [1.82, 2.24) is 9.97 Å². The largest absolute Gasteiger partial charge is 0.478 e. The van der Waals surface area contributed by atoms with Crippen molar-refractivity contribution in [3.63, 3.8) is 0 Å². The van der Waals surface area contributed by atoms with Crippen molar-refractivity contribution in [1.29, 1.82) is 0 Å². The predicted molar refractivity (Wildman–Crippen MR) is 69.5 cm³/mol. The quantitative estimate of drug-likeness (QED) is 0.896. The van der Waals surface area contributed by atoms with E-state index < -0.39 is 5.97 Å². The van der Waals surface area contributed by atoms with E-state index in [0.29, 0.717) is 18.3 Å². The van der Waals surface area contributed by atoms with Crippen molar-refractivity contribution in [2.24, 2.45) is 0 Å². The SMILES string of the molecule is Cc1nc(CNc2cc(C(=O)O)c(Cl)cn2)oc1C. The molecule has 19 heavy (non-hydrogen) atoms. The Morgan fingerprint density at radius 2 is 2.26 bits per heavy atom. The molecule has 0 saturated heterocycles. The van der Waals surface area contributed by atoms with Crippen LogP contribution in [-0.4, -0.2) is 21.0 Å². The van der Waals surface area contributed by atoms with Gasteiger partial charge in [0.1, 0.15) is 11.6 Å². The lowest BCUT2D eigenvalue weighted by atomic mass is 10.2. The summed E-state index contributed by atoms with van der Waals surface area (Å²) in [7, 11) is 0. The van der Waals surface area contributed by atoms with Gasteiger partial charge in [0, 0.05) is 6.20 Å². The van der Waals surface area contributed by atoms with E-state index in [-0.39, 0.29) is 10.6 Å². The third-order valence-electron chi connectivity index (χ3n) is 2.58. The smallest absolute Gasteiger partial charge is 0.337 e. The van der Waals surface area contributed by atoms with Crippen LogP contribution >= 0.6 is 11.6 Å². The zero-order valence-corrected chi connectivity index (χ0v) is 11.2. The van der Waals surface area contributed by atoms with Gasteiger partial charge in [-0.05, 0) is 19.9 Å². The molecule has 7 heteroatoms. The number of hydrogen-bond donors (Lipinski definition) is 2. The first-order valence-corrected chi connectivity index (χ1v) is 5.91. The fourth-order valence-corrected chi connectivity index (χ4v) is 1.66. The van der Waals surface area contributed by atoms with Gasteiger partial charge in [0.15, 0.2) is 0 Å². The van der Waals surface area contributed by atoms with E-state index in [2.05, 4.69) is 15.3 Å². The standard InChI is InChI=1S/C12H12ClN3O3/c1-6-7(2)19-11(16-6)5-15-10-3-8(12(17)18)9(13)4-14-10/h3-4H,5H2,1-2H3,(H,14,15)(H,17,18). The van der Waals surface area contributed by atoms with Crippen molar-refractivity contribution >= 4 is 23.4 Å². The molecule has 2 aromatic heterocycles. The average molecular weight is 282 g/mol. The van der Waals surface area contributed by atoms with Crippen molar-refractivity contribution in [3.05, 3.63) is 40.2 Å². The van der Waals surface area contributed by atoms with E-state index >= 15 is 0 Å². The number of anilines is 1. The maximum Gasteiger partial charge on any atom is 0.337 e. The zero-order valence-electron chi connectivity index (χ0n) is 10.4. The molecule has 0 aliphatic rings. The number of pyridine rings is 1. The second-order valence-electron chi connectivity index (χ2n) is 3.96. The molecule has 100 valence electrons. The molecular weight excluding hydrogens is 270 g/mol. The van der Waals surface area contributed by atoms with Crippen LogP contribution in [0.1, 0.15) is 27.7 Å². The maximum atomic E-state index is 10.9. The summed E-state index contributed by atoms with van der Waals surface area (Å²) >= 11 is 5.73. The van der Waals surface area contributed by atoms with Crippen LogP contribution in [0, 0.1) is 13.8 Å². The minimum Gasteiger partial charge on any atom is -0.478 e. The van der Waals surface area contributed by atoms with E-state index in [1.54, 1.807) is 0 Å². The number of nitrogens with zero attached hydrogens (tertiary/aromatic N) is 2. The first-order chi connectivity index (χ1) is 8.97. The molecule has 0 bridgehead atoms. The Kier molecular flexibility index (Phi) is 3.71. The van der Waals surface area contributed by atoms with Gasteiger partial charge >= 0.3 is 5.97 Å². The van der Waals surface area contributed by atoms with Gasteiger partial charge < -0.3 is 14.8 Å². The van der Waals surface area contributed by atoms with Crippen molar-refractivity contribution in [2.45, 2.75) is 20.4 Å². The highest BCUT2D eigenvalue weighted by atomic mass is 35.5. The molecule has 0 aliphatic heterocycles. The summed E-state index contributed by atoms with van der Waals surface area (Å²) < 4.78 is 5.39. The molecule has 2 N–H and O–H groups in total. The number of carbonyl (C=O) groups is 1. The second-order valence-corrected chi connectivity index (χ2v) is 4.36. The van der Waals surface area contributed by atoms with E-state index in [4.69, 9.17) is 21.1 Å². The molecule has 6 nitrogen and oxygen atoms in total. The van der Waals surface area contributed by atoms with Crippen LogP contribution in [0.15, 0.2) is 16.7 Å². The first-order valence-electron chi connectivity index (χ1n) is 5.53. The molecule has 0 fully saturated rings. The lowest BCUT2D eigenvalue weighted by Crippen LogP contribution is -2.05. The van der Waals surface area contributed by atoms with Crippen LogP contribution in [0.4, 0.5) is 5.82 Å². The highest BCUT2D eigenvalue weighted by molar-refractivity contribution is 6.33. The molecule has 2 aromatic rings. The lowest BCUT2D eigenvalue weighted by Gasteiger charge is -2.05. The number of rotatable bonds is 4. The number of hydrogen-bond acceptors (Lipinski definition) is 5. The Balaban J connectivity index is 2.11. The van der Waals surface area contributed by atoms with Crippen LogP contribution < -0.4 is 5.32 Å². The number of halogens is 1. The molecule has 2 heterocycles. The number of carboxylic acids is 1. The van der Waals surface area contributed by atoms with Gasteiger partial charge in [-0.1, -0.05) is 11.6 Å². The molecule has 2 rings (SSSR count). The summed E-state index contributed by atoms with van der Waals surface area (Å²) in [5.41, 5.74) is 0.825. The maximum absolute atomic E-state index is 10.9. The monoisotopic (exact) mass is 281 g/mol. The Hall–Kier alpha value is -2.08. The molecular formula is C12H12ClN3O3. The lowest BCUT2D eigenvalue weighted by molar-refractivity contribution is 0.0697. The number of carboxylic acid groups (broad SMARTS) is 1. The second kappa shape index (κ2) is 5.27. The molecule has 0 aromatic carbocycles.